The van der Waals surface area contributed by atoms with Gasteiger partial charge in [-0.25, -0.2) is 4.79 Å². The number of hydrogen-bond acceptors (Lipinski definition) is 9. The molecular weight excluding hydrogens is 538 g/mol. The van der Waals surface area contributed by atoms with Gasteiger partial charge in [0, 0.05) is 81.8 Å². The second-order valence-corrected chi connectivity index (χ2v) is 13.9. The van der Waals surface area contributed by atoms with Crippen molar-refractivity contribution in [3.63, 3.8) is 0 Å². The van der Waals surface area contributed by atoms with Crippen LogP contribution in [0.1, 0.15) is 49.9 Å². The number of carbonyl (C=O) groups excluding carboxylic acids is 2. The van der Waals surface area contributed by atoms with Crippen LogP contribution in [0.4, 0.5) is 0 Å². The van der Waals surface area contributed by atoms with Gasteiger partial charge < -0.3 is 28.8 Å². The molecule has 1 N–H and O–H groups in total. The van der Waals surface area contributed by atoms with Gasteiger partial charge in [0.15, 0.2) is 0 Å². The second-order valence-electron chi connectivity index (χ2n) is 13.9. The molecule has 42 heavy (non-hydrogen) atoms. The summed E-state index contributed by atoms with van der Waals surface area (Å²) in [6.07, 6.45) is 1.17. The van der Waals surface area contributed by atoms with Crippen LogP contribution in [0.3, 0.4) is 0 Å². The van der Waals surface area contributed by atoms with Crippen LogP contribution in [0.5, 0.6) is 0 Å². The van der Waals surface area contributed by atoms with Gasteiger partial charge in [0.1, 0.15) is 11.7 Å². The number of methoxy groups -OCH3 is 3. The van der Waals surface area contributed by atoms with Gasteiger partial charge in [-0.2, -0.15) is 0 Å². The summed E-state index contributed by atoms with van der Waals surface area (Å²) < 4.78 is 31.8. The number of nitrogens with zero attached hydrogens (tertiary/aromatic N) is 1. The molecule has 230 valence electrons. The molecule has 7 bridgehead atoms. The Morgan fingerprint density at radius 3 is 2.48 bits per heavy atom. The molecule has 7 rings (SSSR count). The van der Waals surface area contributed by atoms with E-state index >= 15 is 0 Å². The average Bonchev–Trinajstić information content (AvgIpc) is 3.41. The van der Waals surface area contributed by atoms with E-state index < -0.39 is 23.2 Å². The first-order valence-corrected chi connectivity index (χ1v) is 15.7. The molecule has 0 unspecified atom stereocenters. The van der Waals surface area contributed by atoms with Crippen molar-refractivity contribution < 1.29 is 38.4 Å². The predicted octanol–water partition coefficient (Wildman–Crippen LogP) is 2.94. The molecular formula is C33H45NO8. The fraction of sp³-hybridized carbons (Fsp3) is 0.758. The highest BCUT2D eigenvalue weighted by molar-refractivity contribution is 5.89. The van der Waals surface area contributed by atoms with Gasteiger partial charge >= 0.3 is 11.9 Å². The van der Waals surface area contributed by atoms with Gasteiger partial charge in [0.25, 0.3) is 0 Å². The van der Waals surface area contributed by atoms with Crippen LogP contribution in [-0.2, 0) is 28.5 Å². The van der Waals surface area contributed by atoms with Crippen molar-refractivity contribution in [2.45, 2.75) is 75.6 Å². The fourth-order valence-electron chi connectivity index (χ4n) is 12.0. The lowest BCUT2D eigenvalue weighted by Crippen LogP contribution is -2.76. The highest BCUT2D eigenvalue weighted by atomic mass is 16.6. The fourth-order valence-corrected chi connectivity index (χ4v) is 12.0. The lowest BCUT2D eigenvalue weighted by atomic mass is 9.43. The first-order valence-electron chi connectivity index (χ1n) is 15.7. The summed E-state index contributed by atoms with van der Waals surface area (Å²) in [5.74, 6) is -1.34. The molecule has 5 saturated carbocycles. The molecule has 9 heteroatoms. The largest absolute Gasteiger partial charge is 0.458 e. The number of hydrogen-bond donors (Lipinski definition) is 1. The zero-order valence-electron chi connectivity index (χ0n) is 25.4. The summed E-state index contributed by atoms with van der Waals surface area (Å²) in [4.78, 5) is 29.2. The highest BCUT2D eigenvalue weighted by Crippen LogP contribution is 2.80. The minimum Gasteiger partial charge on any atom is -0.458 e. The molecule has 6 aliphatic rings. The predicted molar refractivity (Wildman–Crippen MR) is 151 cm³/mol. The Morgan fingerprint density at radius 2 is 1.83 bits per heavy atom. The number of piperidine rings is 1. The van der Waals surface area contributed by atoms with Crippen LogP contribution in [0, 0.1) is 40.4 Å². The molecule has 13 atom stereocenters. The van der Waals surface area contributed by atoms with E-state index in [1.807, 2.05) is 18.2 Å². The number of esters is 2. The van der Waals surface area contributed by atoms with Crippen molar-refractivity contribution >= 4 is 11.9 Å². The first kappa shape index (κ1) is 28.7. The SMILES string of the molecule is CCN1C[C@]2(COC)CC[C@@H](O)[C@@]34[C@@H]5C[C@H]6[C@H](OC(=O)c7ccccc7)[C@@H]5[C@](OC(C)=O)(C[C@@H]6OC)[C@@H]([C@H](OC)[C@H]23)[C@@H]14. The molecule has 6 fully saturated rings. The number of aliphatic hydroxyl groups excluding tert-OH is 1. The lowest BCUT2D eigenvalue weighted by molar-refractivity contribution is -0.276. The van der Waals surface area contributed by atoms with E-state index in [0.717, 1.165) is 25.9 Å². The minimum absolute atomic E-state index is 0.0183. The number of ether oxygens (including phenoxy) is 5. The van der Waals surface area contributed by atoms with E-state index in [2.05, 4.69) is 11.8 Å². The third kappa shape index (κ3) is 3.43. The number of rotatable bonds is 8. The zero-order chi connectivity index (χ0) is 29.6. The Morgan fingerprint density at radius 1 is 1.07 bits per heavy atom. The Bertz CT molecular complexity index is 1230. The van der Waals surface area contributed by atoms with Crippen molar-refractivity contribution in [1.82, 2.24) is 4.90 Å². The molecule has 1 spiro atoms. The van der Waals surface area contributed by atoms with Crippen LogP contribution in [0.2, 0.25) is 0 Å². The van der Waals surface area contributed by atoms with Gasteiger partial charge in [-0.05, 0) is 43.9 Å². The Labute approximate surface area is 248 Å². The summed E-state index contributed by atoms with van der Waals surface area (Å²) in [5, 5.41) is 12.3. The molecule has 0 amide bonds. The average molecular weight is 584 g/mol. The van der Waals surface area contributed by atoms with Crippen LogP contribution in [-0.4, -0.2) is 99.0 Å². The normalized spacial score (nSPS) is 48.1. The maximum atomic E-state index is 13.6. The van der Waals surface area contributed by atoms with Crippen molar-refractivity contribution in [2.24, 2.45) is 40.4 Å². The molecule has 1 heterocycles. The number of aliphatic hydroxyl groups is 1. The third-order valence-corrected chi connectivity index (χ3v) is 12.6. The summed E-state index contributed by atoms with van der Waals surface area (Å²) in [6.45, 7) is 5.90. The third-order valence-electron chi connectivity index (χ3n) is 12.6. The van der Waals surface area contributed by atoms with Gasteiger partial charge in [0.2, 0.25) is 0 Å². The quantitative estimate of drug-likeness (QED) is 0.463. The monoisotopic (exact) mass is 583 g/mol. The van der Waals surface area contributed by atoms with E-state index in [4.69, 9.17) is 23.7 Å². The maximum absolute atomic E-state index is 13.6. The molecule has 1 aromatic rings. The minimum atomic E-state index is -0.976. The van der Waals surface area contributed by atoms with E-state index in [-0.39, 0.29) is 65.2 Å². The smallest absolute Gasteiger partial charge is 0.338 e. The molecule has 9 nitrogen and oxygen atoms in total. The number of benzene rings is 1. The molecule has 1 saturated heterocycles. The zero-order valence-corrected chi connectivity index (χ0v) is 25.4. The Kier molecular flexibility index (Phi) is 6.83. The summed E-state index contributed by atoms with van der Waals surface area (Å²) in [6, 6.07) is 9.02. The van der Waals surface area contributed by atoms with Gasteiger partial charge in [-0.1, -0.05) is 25.1 Å². The Hall–Kier alpha value is -2.04. The van der Waals surface area contributed by atoms with Crippen molar-refractivity contribution in [2.75, 3.05) is 41.0 Å². The molecule has 0 aromatic heterocycles. The molecule has 1 aromatic carbocycles. The van der Waals surface area contributed by atoms with Crippen LogP contribution in [0.25, 0.3) is 0 Å². The molecule has 5 aliphatic carbocycles. The molecule has 1 aliphatic heterocycles. The Balaban J connectivity index is 1.45. The van der Waals surface area contributed by atoms with E-state index in [0.29, 0.717) is 25.0 Å². The van der Waals surface area contributed by atoms with Crippen molar-refractivity contribution in [3.05, 3.63) is 35.9 Å². The summed E-state index contributed by atoms with van der Waals surface area (Å²) >= 11 is 0. The van der Waals surface area contributed by atoms with E-state index in [1.54, 1.807) is 33.5 Å². The van der Waals surface area contributed by atoms with Crippen molar-refractivity contribution in [1.29, 1.82) is 0 Å². The van der Waals surface area contributed by atoms with Crippen molar-refractivity contribution in [3.8, 4) is 0 Å². The number of likely N-dealkylation sites (tertiary alicyclic amines) is 1. The van der Waals surface area contributed by atoms with Crippen LogP contribution >= 0.6 is 0 Å². The van der Waals surface area contributed by atoms with E-state index in [9.17, 15) is 14.7 Å². The maximum Gasteiger partial charge on any atom is 0.338 e. The highest BCUT2D eigenvalue weighted by Gasteiger charge is 2.87. The van der Waals surface area contributed by atoms with Gasteiger partial charge in [0.05, 0.1) is 30.5 Å². The van der Waals surface area contributed by atoms with Crippen LogP contribution in [0.15, 0.2) is 30.3 Å². The van der Waals surface area contributed by atoms with Crippen LogP contribution < -0.4 is 0 Å². The number of fused-ring (bicyclic) bond motifs is 2. The summed E-state index contributed by atoms with van der Waals surface area (Å²) in [7, 11) is 5.23. The standard InChI is InChI=1S/C33H45NO8/c1-6-34-16-31(17-38-3)13-12-23(36)33-21-14-20-22(39-4)15-32(42-18(2)35,25(29(33)34)27(40-5)28(31)33)24(21)26(20)41-30(37)19-10-8-7-9-11-19/h7-11,20-29,36H,6,12-17H2,1-5H3/t20-,21-,22+,23-,24-,25+,26+,27+,28-,29-,31+,32-,33+/m1/s1. The van der Waals surface area contributed by atoms with Gasteiger partial charge in [-0.3, -0.25) is 9.69 Å². The molecule has 0 radical (unpaired) electrons. The number of carbonyl (C=O) groups is 2. The van der Waals surface area contributed by atoms with Gasteiger partial charge in [-0.15, -0.1) is 0 Å². The summed E-state index contributed by atoms with van der Waals surface area (Å²) in [5.41, 5.74) is -1.21. The lowest BCUT2D eigenvalue weighted by Gasteiger charge is -2.69. The second kappa shape index (κ2) is 9.99. The first-order chi connectivity index (χ1) is 20.2. The van der Waals surface area contributed by atoms with E-state index in [1.165, 1.54) is 6.92 Å². The topological polar surface area (TPSA) is 104 Å².